The molecule has 0 aliphatic rings. The van der Waals surface area contributed by atoms with Gasteiger partial charge in [-0.2, -0.15) is 5.10 Å². The lowest BCUT2D eigenvalue weighted by molar-refractivity contribution is 0.729. The van der Waals surface area contributed by atoms with Gasteiger partial charge in [0.05, 0.1) is 5.69 Å². The summed E-state index contributed by atoms with van der Waals surface area (Å²) in [6, 6.07) is 8.53. The van der Waals surface area contributed by atoms with Gasteiger partial charge in [0.15, 0.2) is 5.96 Å². The Balaban J connectivity index is 0.00000288. The fourth-order valence-corrected chi connectivity index (χ4v) is 2.60. The second-order valence-electron chi connectivity index (χ2n) is 5.86. The van der Waals surface area contributed by atoms with Gasteiger partial charge >= 0.3 is 0 Å². The van der Waals surface area contributed by atoms with E-state index in [0.29, 0.717) is 0 Å². The molecule has 0 aliphatic carbocycles. The fourth-order valence-electron chi connectivity index (χ4n) is 2.60. The summed E-state index contributed by atoms with van der Waals surface area (Å²) in [7, 11) is 3.78. The van der Waals surface area contributed by atoms with Gasteiger partial charge in [0.1, 0.15) is 0 Å². The molecule has 5 nitrogen and oxygen atoms in total. The summed E-state index contributed by atoms with van der Waals surface area (Å²) in [6.45, 7) is 7.87. The first-order valence-corrected chi connectivity index (χ1v) is 8.00. The van der Waals surface area contributed by atoms with E-state index in [1.807, 2.05) is 11.7 Å². The molecule has 2 N–H and O–H groups in total. The average molecular weight is 441 g/mol. The van der Waals surface area contributed by atoms with Crippen molar-refractivity contribution < 1.29 is 0 Å². The quantitative estimate of drug-likeness (QED) is 0.426. The van der Waals surface area contributed by atoms with E-state index >= 15 is 0 Å². The van der Waals surface area contributed by atoms with Gasteiger partial charge in [-0.25, -0.2) is 0 Å². The highest BCUT2D eigenvalue weighted by atomic mass is 127. The molecule has 0 amide bonds. The summed E-state index contributed by atoms with van der Waals surface area (Å²) >= 11 is 0. The molecule has 0 spiro atoms. The molecular weight excluding hydrogens is 413 g/mol. The van der Waals surface area contributed by atoms with Crippen LogP contribution in [0.25, 0.3) is 0 Å². The molecule has 0 aliphatic heterocycles. The number of aryl methyl sites for hydroxylation is 3. The van der Waals surface area contributed by atoms with Crippen LogP contribution in [0.5, 0.6) is 0 Å². The van der Waals surface area contributed by atoms with Crippen LogP contribution in [-0.4, -0.2) is 29.3 Å². The van der Waals surface area contributed by atoms with Crippen LogP contribution in [0.4, 0.5) is 0 Å². The Morgan fingerprint density at radius 3 is 2.33 bits per heavy atom. The third-order valence-electron chi connectivity index (χ3n) is 4.13. The van der Waals surface area contributed by atoms with Crippen LogP contribution in [0.3, 0.4) is 0 Å². The molecule has 0 saturated carbocycles. The standard InChI is InChI=1S/C18H27N5.HI/c1-13-6-8-16(9-7-13)12-21-18(19-4)20-11-10-17-14(2)22-23(5)15(17)3;/h6-9H,10-12H2,1-5H3,(H2,19,20,21);1H. The van der Waals surface area contributed by atoms with Crippen LogP contribution < -0.4 is 10.6 Å². The average Bonchev–Trinajstić information content (AvgIpc) is 2.78. The van der Waals surface area contributed by atoms with E-state index in [-0.39, 0.29) is 24.0 Å². The van der Waals surface area contributed by atoms with Gasteiger partial charge in [-0.15, -0.1) is 24.0 Å². The van der Waals surface area contributed by atoms with Crippen molar-refractivity contribution in [1.82, 2.24) is 20.4 Å². The number of halogens is 1. The number of nitrogens with one attached hydrogen (secondary N) is 2. The molecule has 0 fully saturated rings. The van der Waals surface area contributed by atoms with Crippen molar-refractivity contribution in [3.8, 4) is 0 Å². The van der Waals surface area contributed by atoms with E-state index in [9.17, 15) is 0 Å². The van der Waals surface area contributed by atoms with Crippen LogP contribution in [-0.2, 0) is 20.0 Å². The van der Waals surface area contributed by atoms with Gasteiger partial charge in [-0.1, -0.05) is 29.8 Å². The van der Waals surface area contributed by atoms with E-state index in [1.165, 1.54) is 22.4 Å². The highest BCUT2D eigenvalue weighted by molar-refractivity contribution is 14.0. The summed E-state index contributed by atoms with van der Waals surface area (Å²) in [5.74, 6) is 0.824. The van der Waals surface area contributed by atoms with Crippen LogP contribution >= 0.6 is 24.0 Å². The lowest BCUT2D eigenvalue weighted by Crippen LogP contribution is -2.37. The van der Waals surface area contributed by atoms with Crippen LogP contribution in [0.1, 0.15) is 28.1 Å². The lowest BCUT2D eigenvalue weighted by Gasteiger charge is -2.12. The van der Waals surface area contributed by atoms with Gasteiger partial charge in [0.2, 0.25) is 0 Å². The molecule has 132 valence electrons. The van der Waals surface area contributed by atoms with Gasteiger partial charge in [-0.3, -0.25) is 9.67 Å². The number of rotatable bonds is 5. The Bertz CT molecular complexity index is 673. The number of nitrogens with zero attached hydrogens (tertiary/aromatic N) is 3. The van der Waals surface area contributed by atoms with Crippen LogP contribution in [0.15, 0.2) is 29.3 Å². The zero-order valence-electron chi connectivity index (χ0n) is 15.2. The first-order valence-electron chi connectivity index (χ1n) is 8.00. The minimum atomic E-state index is 0. The molecule has 0 bridgehead atoms. The molecule has 6 heteroatoms. The maximum absolute atomic E-state index is 4.45. The van der Waals surface area contributed by atoms with Gasteiger partial charge in [0, 0.05) is 32.9 Å². The summed E-state index contributed by atoms with van der Waals surface area (Å²) < 4.78 is 1.94. The van der Waals surface area contributed by atoms with E-state index in [2.05, 4.69) is 65.8 Å². The maximum Gasteiger partial charge on any atom is 0.191 e. The molecular formula is C18H28IN5. The largest absolute Gasteiger partial charge is 0.356 e. The third-order valence-corrected chi connectivity index (χ3v) is 4.13. The Kier molecular flexibility index (Phi) is 8.24. The molecule has 0 atom stereocenters. The second-order valence-corrected chi connectivity index (χ2v) is 5.86. The molecule has 1 aromatic carbocycles. The second kappa shape index (κ2) is 9.66. The van der Waals surface area contributed by atoms with Gasteiger partial charge in [-0.05, 0) is 38.3 Å². The summed E-state index contributed by atoms with van der Waals surface area (Å²) in [5.41, 5.74) is 6.17. The predicted octanol–water partition coefficient (Wildman–Crippen LogP) is 2.87. The topological polar surface area (TPSA) is 54.2 Å². The van der Waals surface area contributed by atoms with Crippen molar-refractivity contribution in [1.29, 1.82) is 0 Å². The smallest absolute Gasteiger partial charge is 0.191 e. The van der Waals surface area contributed by atoms with Gasteiger partial charge < -0.3 is 10.6 Å². The van der Waals surface area contributed by atoms with E-state index < -0.39 is 0 Å². The Morgan fingerprint density at radius 2 is 1.79 bits per heavy atom. The summed E-state index contributed by atoms with van der Waals surface area (Å²) in [4.78, 5) is 4.28. The van der Waals surface area contributed by atoms with Crippen molar-refractivity contribution >= 4 is 29.9 Å². The van der Waals surface area contributed by atoms with Crippen LogP contribution in [0.2, 0.25) is 0 Å². The Labute approximate surface area is 162 Å². The van der Waals surface area contributed by atoms with Crippen molar-refractivity contribution in [3.63, 3.8) is 0 Å². The molecule has 0 unspecified atom stereocenters. The zero-order chi connectivity index (χ0) is 16.8. The number of benzene rings is 1. The molecule has 2 aromatic rings. The van der Waals surface area contributed by atoms with Crippen molar-refractivity contribution in [2.75, 3.05) is 13.6 Å². The first-order chi connectivity index (χ1) is 11.0. The van der Waals surface area contributed by atoms with Crippen LogP contribution in [0, 0.1) is 20.8 Å². The number of aliphatic imine (C=N–C) groups is 1. The molecule has 0 saturated heterocycles. The maximum atomic E-state index is 4.45. The molecule has 1 aromatic heterocycles. The highest BCUT2D eigenvalue weighted by Crippen LogP contribution is 2.11. The SMILES string of the molecule is CN=C(NCCc1c(C)nn(C)c1C)NCc1ccc(C)cc1.I. The number of guanidine groups is 1. The zero-order valence-corrected chi connectivity index (χ0v) is 17.5. The molecule has 2 rings (SSSR count). The monoisotopic (exact) mass is 441 g/mol. The van der Waals surface area contributed by atoms with E-state index in [0.717, 1.165) is 31.2 Å². The summed E-state index contributed by atoms with van der Waals surface area (Å²) in [6.07, 6.45) is 0.941. The Morgan fingerprint density at radius 1 is 1.12 bits per heavy atom. The molecule has 24 heavy (non-hydrogen) atoms. The number of hydrogen-bond donors (Lipinski definition) is 2. The Hall–Kier alpha value is -1.57. The van der Waals surface area contributed by atoms with E-state index in [1.54, 1.807) is 7.05 Å². The normalized spacial score (nSPS) is 11.1. The fraction of sp³-hybridized carbons (Fsp3) is 0.444. The van der Waals surface area contributed by atoms with Gasteiger partial charge in [0.25, 0.3) is 0 Å². The number of hydrogen-bond acceptors (Lipinski definition) is 2. The van der Waals surface area contributed by atoms with Crippen molar-refractivity contribution in [3.05, 3.63) is 52.3 Å². The summed E-state index contributed by atoms with van der Waals surface area (Å²) in [5, 5.41) is 11.2. The minimum Gasteiger partial charge on any atom is -0.356 e. The predicted molar refractivity (Wildman–Crippen MR) is 111 cm³/mol. The first kappa shape index (κ1) is 20.5. The van der Waals surface area contributed by atoms with Crippen molar-refractivity contribution in [2.24, 2.45) is 12.0 Å². The highest BCUT2D eigenvalue weighted by Gasteiger charge is 2.09. The molecule has 0 radical (unpaired) electrons. The minimum absolute atomic E-state index is 0. The molecule has 1 heterocycles. The van der Waals surface area contributed by atoms with Crippen molar-refractivity contribution in [2.45, 2.75) is 33.7 Å². The number of aromatic nitrogens is 2. The lowest BCUT2D eigenvalue weighted by atomic mass is 10.1. The van der Waals surface area contributed by atoms with E-state index in [4.69, 9.17) is 0 Å². The third kappa shape index (κ3) is 5.51.